The first kappa shape index (κ1) is 21.2. The van der Waals surface area contributed by atoms with Gasteiger partial charge in [-0.2, -0.15) is 0 Å². The van der Waals surface area contributed by atoms with E-state index in [2.05, 4.69) is 27.7 Å². The normalized spacial score (nSPS) is 14.2. The number of carbonyl (C=O) groups excluding carboxylic acids is 2. The summed E-state index contributed by atoms with van der Waals surface area (Å²) in [6.45, 7) is 2.66. The molecule has 0 saturated carbocycles. The van der Waals surface area contributed by atoms with Gasteiger partial charge in [0.2, 0.25) is 5.91 Å². The molecule has 1 saturated heterocycles. The molecule has 0 spiro atoms. The molecule has 2 aromatic rings. The van der Waals surface area contributed by atoms with Gasteiger partial charge >= 0.3 is 0 Å². The van der Waals surface area contributed by atoms with Crippen molar-refractivity contribution >= 4 is 34.8 Å². The first-order valence-corrected chi connectivity index (χ1v) is 10.7. The third-order valence-corrected chi connectivity index (χ3v) is 5.35. The number of amides is 2. The lowest BCUT2D eigenvalue weighted by atomic mass is 10.2. The van der Waals surface area contributed by atoms with Crippen molar-refractivity contribution in [2.75, 3.05) is 29.9 Å². The molecule has 0 aromatic heterocycles. The second-order valence-corrected chi connectivity index (χ2v) is 7.80. The highest BCUT2D eigenvalue weighted by molar-refractivity contribution is 6.30. The van der Waals surface area contributed by atoms with Crippen molar-refractivity contribution in [1.29, 1.82) is 0 Å². The second kappa shape index (κ2) is 10.9. The molecule has 29 heavy (non-hydrogen) atoms. The van der Waals surface area contributed by atoms with E-state index in [1.807, 2.05) is 12.1 Å². The van der Waals surface area contributed by atoms with Gasteiger partial charge in [-0.15, -0.1) is 0 Å². The molecule has 5 nitrogen and oxygen atoms in total. The second-order valence-electron chi connectivity index (χ2n) is 7.36. The lowest BCUT2D eigenvalue weighted by Crippen LogP contribution is -2.25. The maximum absolute atomic E-state index is 12.1. The van der Waals surface area contributed by atoms with Gasteiger partial charge in [0.25, 0.3) is 5.91 Å². The zero-order chi connectivity index (χ0) is 20.5. The van der Waals surface area contributed by atoms with E-state index in [1.54, 1.807) is 24.3 Å². The van der Waals surface area contributed by atoms with Crippen LogP contribution in [0.15, 0.2) is 48.5 Å². The van der Waals surface area contributed by atoms with Crippen LogP contribution in [0, 0.1) is 0 Å². The number of halogens is 1. The molecule has 0 aliphatic carbocycles. The quantitative estimate of drug-likeness (QED) is 0.636. The van der Waals surface area contributed by atoms with Crippen LogP contribution in [0.1, 0.15) is 48.9 Å². The predicted molar refractivity (Wildman–Crippen MR) is 119 cm³/mol. The van der Waals surface area contributed by atoms with E-state index in [0.29, 0.717) is 30.0 Å². The minimum absolute atomic E-state index is 0.0479. The fourth-order valence-electron chi connectivity index (χ4n) is 3.46. The monoisotopic (exact) mass is 413 g/mol. The van der Waals surface area contributed by atoms with Crippen LogP contribution in [0.4, 0.5) is 11.4 Å². The fourth-order valence-corrected chi connectivity index (χ4v) is 3.59. The minimum Gasteiger partial charge on any atom is -0.372 e. The molecule has 1 heterocycles. The lowest BCUT2D eigenvalue weighted by Gasteiger charge is -2.22. The van der Waals surface area contributed by atoms with Crippen molar-refractivity contribution in [1.82, 2.24) is 5.32 Å². The molecular weight excluding hydrogens is 386 g/mol. The van der Waals surface area contributed by atoms with Gasteiger partial charge in [0.05, 0.1) is 0 Å². The van der Waals surface area contributed by atoms with E-state index in [-0.39, 0.29) is 11.8 Å². The molecule has 0 radical (unpaired) electrons. The third kappa shape index (κ3) is 6.79. The summed E-state index contributed by atoms with van der Waals surface area (Å²) in [5.41, 5.74) is 2.58. The van der Waals surface area contributed by atoms with Gasteiger partial charge in [0.1, 0.15) is 0 Å². The van der Waals surface area contributed by atoms with Crippen LogP contribution < -0.4 is 15.5 Å². The zero-order valence-electron chi connectivity index (χ0n) is 16.6. The van der Waals surface area contributed by atoms with Crippen LogP contribution in [-0.4, -0.2) is 31.4 Å². The molecule has 3 rings (SSSR count). The van der Waals surface area contributed by atoms with Crippen molar-refractivity contribution in [3.63, 3.8) is 0 Å². The topological polar surface area (TPSA) is 61.4 Å². The summed E-state index contributed by atoms with van der Waals surface area (Å²) >= 11 is 5.82. The number of hydrogen-bond acceptors (Lipinski definition) is 3. The van der Waals surface area contributed by atoms with Crippen LogP contribution in [0.2, 0.25) is 5.02 Å². The Hall–Kier alpha value is -2.53. The highest BCUT2D eigenvalue weighted by Crippen LogP contribution is 2.21. The third-order valence-electron chi connectivity index (χ3n) is 5.09. The van der Waals surface area contributed by atoms with Crippen LogP contribution in [0.25, 0.3) is 0 Å². The van der Waals surface area contributed by atoms with Gasteiger partial charge in [-0.25, -0.2) is 0 Å². The Morgan fingerprint density at radius 3 is 2.21 bits per heavy atom. The maximum Gasteiger partial charge on any atom is 0.251 e. The molecular formula is C23H28ClN3O2. The minimum atomic E-state index is -0.161. The Kier molecular flexibility index (Phi) is 7.94. The molecule has 0 atom stereocenters. The molecule has 6 heteroatoms. The van der Waals surface area contributed by atoms with Crippen molar-refractivity contribution in [2.24, 2.45) is 0 Å². The first-order chi connectivity index (χ1) is 14.1. The highest BCUT2D eigenvalue weighted by Gasteiger charge is 2.10. The molecule has 154 valence electrons. The Labute approximate surface area is 177 Å². The summed E-state index contributed by atoms with van der Waals surface area (Å²) in [5.74, 6) is -0.209. The molecule has 2 N–H and O–H groups in total. The average molecular weight is 414 g/mol. The van der Waals surface area contributed by atoms with E-state index >= 15 is 0 Å². The highest BCUT2D eigenvalue weighted by atomic mass is 35.5. The Balaban J connectivity index is 1.38. The number of nitrogens with one attached hydrogen (secondary N) is 2. The summed E-state index contributed by atoms with van der Waals surface area (Å²) < 4.78 is 0. The van der Waals surface area contributed by atoms with Crippen LogP contribution in [0.5, 0.6) is 0 Å². The van der Waals surface area contributed by atoms with Crippen molar-refractivity contribution < 1.29 is 9.59 Å². The fraction of sp³-hybridized carbons (Fsp3) is 0.391. The Bertz CT molecular complexity index is 798. The molecule has 2 aromatic carbocycles. The number of anilines is 2. The van der Waals surface area contributed by atoms with Gasteiger partial charge < -0.3 is 15.5 Å². The lowest BCUT2D eigenvalue weighted by molar-refractivity contribution is -0.116. The molecule has 1 aliphatic rings. The molecule has 2 amide bonds. The summed E-state index contributed by atoms with van der Waals surface area (Å²) in [6.07, 6.45) is 6.04. The first-order valence-electron chi connectivity index (χ1n) is 10.3. The largest absolute Gasteiger partial charge is 0.372 e. The van der Waals surface area contributed by atoms with E-state index < -0.39 is 0 Å². The average Bonchev–Trinajstić information content (AvgIpc) is 3.02. The Morgan fingerprint density at radius 1 is 0.897 bits per heavy atom. The summed E-state index contributed by atoms with van der Waals surface area (Å²) in [5, 5.41) is 6.34. The van der Waals surface area contributed by atoms with E-state index in [1.165, 1.54) is 31.4 Å². The summed E-state index contributed by atoms with van der Waals surface area (Å²) in [6, 6.07) is 14.8. The molecule has 1 fully saturated rings. The number of nitrogens with zero attached hydrogens (tertiary/aromatic N) is 1. The van der Waals surface area contributed by atoms with Crippen molar-refractivity contribution in [2.45, 2.75) is 38.5 Å². The van der Waals surface area contributed by atoms with Gasteiger partial charge in [-0.05, 0) is 67.8 Å². The molecule has 0 unspecified atom stereocenters. The Morgan fingerprint density at radius 2 is 1.55 bits per heavy atom. The predicted octanol–water partition coefficient (Wildman–Crippen LogP) is 4.87. The zero-order valence-corrected chi connectivity index (χ0v) is 17.4. The van der Waals surface area contributed by atoms with E-state index in [4.69, 9.17) is 11.6 Å². The van der Waals surface area contributed by atoms with Gasteiger partial charge in [0, 0.05) is 48.0 Å². The standard InChI is InChI=1S/C23H28ClN3O2/c24-19-9-7-18(8-10-19)23(29)25-15-5-6-22(28)26-20-11-13-21(14-12-20)27-16-3-1-2-4-17-27/h7-14H,1-6,15-17H2,(H,25,29)(H,26,28). The van der Waals surface area contributed by atoms with Crippen molar-refractivity contribution in [3.05, 3.63) is 59.1 Å². The number of hydrogen-bond donors (Lipinski definition) is 2. The van der Waals surface area contributed by atoms with E-state index in [9.17, 15) is 9.59 Å². The van der Waals surface area contributed by atoms with E-state index in [0.717, 1.165) is 18.8 Å². The maximum atomic E-state index is 12.1. The smallest absolute Gasteiger partial charge is 0.251 e. The van der Waals surface area contributed by atoms with Gasteiger partial charge in [-0.3, -0.25) is 9.59 Å². The number of benzene rings is 2. The van der Waals surface area contributed by atoms with Crippen LogP contribution in [0.3, 0.4) is 0 Å². The van der Waals surface area contributed by atoms with Crippen LogP contribution >= 0.6 is 11.6 Å². The number of carbonyl (C=O) groups is 2. The van der Waals surface area contributed by atoms with Gasteiger partial charge in [-0.1, -0.05) is 24.4 Å². The SMILES string of the molecule is O=C(CCCNC(=O)c1ccc(Cl)cc1)Nc1ccc(N2CCCCCC2)cc1. The number of rotatable bonds is 7. The molecule has 1 aliphatic heterocycles. The van der Waals surface area contributed by atoms with Crippen LogP contribution in [-0.2, 0) is 4.79 Å². The van der Waals surface area contributed by atoms with Crippen molar-refractivity contribution in [3.8, 4) is 0 Å². The summed E-state index contributed by atoms with van der Waals surface area (Å²) in [4.78, 5) is 26.6. The summed E-state index contributed by atoms with van der Waals surface area (Å²) in [7, 11) is 0. The van der Waals surface area contributed by atoms with Gasteiger partial charge in [0.15, 0.2) is 0 Å². The molecule has 0 bridgehead atoms.